The highest BCUT2D eigenvalue weighted by Crippen LogP contribution is 2.57. The molecule has 124 valence electrons. The molecule has 1 heterocycles. The van der Waals surface area contributed by atoms with Gasteiger partial charge in [0, 0.05) is 18.8 Å². The van der Waals surface area contributed by atoms with Crippen LogP contribution < -0.4 is 0 Å². The van der Waals surface area contributed by atoms with Gasteiger partial charge < -0.3 is 4.48 Å². The van der Waals surface area contributed by atoms with Crippen LogP contribution in [0.5, 0.6) is 0 Å². The highest BCUT2D eigenvalue weighted by molar-refractivity contribution is 4.99. The van der Waals surface area contributed by atoms with Crippen LogP contribution in [-0.2, 0) is 0 Å². The minimum atomic E-state index is 0.410. The molecule has 2 fully saturated rings. The van der Waals surface area contributed by atoms with E-state index in [9.17, 15) is 0 Å². The highest BCUT2D eigenvalue weighted by Gasteiger charge is 2.68. The van der Waals surface area contributed by atoms with Gasteiger partial charge in [-0.1, -0.05) is 41.0 Å². The van der Waals surface area contributed by atoms with Gasteiger partial charge >= 0.3 is 0 Å². The molecule has 0 N–H and O–H groups in total. The van der Waals surface area contributed by atoms with Crippen molar-refractivity contribution >= 4 is 0 Å². The lowest BCUT2D eigenvalue weighted by molar-refractivity contribution is -0.909. The SMILES string of the molecule is CCC(C(C)(C)CC)C(C)(C)[N+]1(C2(C)CCC(C)C2)CC1. The van der Waals surface area contributed by atoms with Crippen molar-refractivity contribution in [2.24, 2.45) is 17.3 Å². The molecular formula is C20H40N+. The van der Waals surface area contributed by atoms with Crippen LogP contribution in [0.15, 0.2) is 0 Å². The highest BCUT2D eigenvalue weighted by atomic mass is 15.6. The van der Waals surface area contributed by atoms with E-state index >= 15 is 0 Å². The van der Waals surface area contributed by atoms with Crippen LogP contribution in [0.2, 0.25) is 0 Å². The van der Waals surface area contributed by atoms with Gasteiger partial charge in [0.2, 0.25) is 0 Å². The van der Waals surface area contributed by atoms with Crippen LogP contribution >= 0.6 is 0 Å². The zero-order valence-electron chi connectivity index (χ0n) is 16.1. The van der Waals surface area contributed by atoms with Gasteiger partial charge in [0.25, 0.3) is 0 Å². The van der Waals surface area contributed by atoms with Crippen molar-refractivity contribution in [2.45, 2.75) is 98.6 Å². The summed E-state index contributed by atoms with van der Waals surface area (Å²) in [5.74, 6) is 1.74. The molecule has 0 aromatic carbocycles. The van der Waals surface area contributed by atoms with Gasteiger partial charge in [0.15, 0.2) is 0 Å². The first-order chi connectivity index (χ1) is 9.56. The van der Waals surface area contributed by atoms with Gasteiger partial charge in [0.1, 0.15) is 13.1 Å². The molecule has 0 aromatic rings. The fraction of sp³-hybridized carbons (Fsp3) is 1.00. The summed E-state index contributed by atoms with van der Waals surface area (Å²) in [6.45, 7) is 22.9. The van der Waals surface area contributed by atoms with Crippen molar-refractivity contribution in [2.75, 3.05) is 13.1 Å². The minimum absolute atomic E-state index is 0.410. The first-order valence-corrected chi connectivity index (χ1v) is 9.43. The van der Waals surface area contributed by atoms with E-state index in [0.29, 0.717) is 16.5 Å². The Balaban J connectivity index is 2.34. The minimum Gasteiger partial charge on any atom is -0.305 e. The quantitative estimate of drug-likeness (QED) is 0.439. The summed E-state index contributed by atoms with van der Waals surface area (Å²) in [5.41, 5.74) is 1.40. The predicted molar refractivity (Wildman–Crippen MR) is 93.3 cm³/mol. The molecule has 0 radical (unpaired) electrons. The molecular weight excluding hydrogens is 254 g/mol. The van der Waals surface area contributed by atoms with Crippen molar-refractivity contribution in [3.63, 3.8) is 0 Å². The maximum atomic E-state index is 2.61. The van der Waals surface area contributed by atoms with Gasteiger partial charge in [-0.05, 0) is 44.9 Å². The molecule has 21 heavy (non-hydrogen) atoms. The largest absolute Gasteiger partial charge is 0.305 e. The van der Waals surface area contributed by atoms with Crippen LogP contribution in [0.3, 0.4) is 0 Å². The van der Waals surface area contributed by atoms with Crippen LogP contribution in [0, 0.1) is 17.3 Å². The van der Waals surface area contributed by atoms with E-state index in [0.717, 1.165) is 11.8 Å². The second-order valence-electron chi connectivity index (χ2n) is 9.72. The van der Waals surface area contributed by atoms with E-state index < -0.39 is 0 Å². The summed E-state index contributed by atoms with van der Waals surface area (Å²) >= 11 is 0. The molecule has 1 aliphatic heterocycles. The zero-order chi connectivity index (χ0) is 16.1. The van der Waals surface area contributed by atoms with Crippen LogP contribution in [-0.4, -0.2) is 28.7 Å². The third-order valence-corrected chi connectivity index (χ3v) is 7.89. The average Bonchev–Trinajstić information content (AvgIpc) is 3.13. The van der Waals surface area contributed by atoms with E-state index in [1.54, 1.807) is 0 Å². The molecule has 0 spiro atoms. The Labute approximate surface area is 134 Å². The molecule has 2 aliphatic rings. The molecule has 2 rings (SSSR count). The van der Waals surface area contributed by atoms with E-state index in [2.05, 4.69) is 55.4 Å². The topological polar surface area (TPSA) is 0 Å². The van der Waals surface area contributed by atoms with Crippen LogP contribution in [0.4, 0.5) is 0 Å². The summed E-state index contributed by atoms with van der Waals surface area (Å²) in [5, 5.41) is 0. The smallest absolute Gasteiger partial charge is 0.130 e. The molecule has 1 heteroatoms. The summed E-state index contributed by atoms with van der Waals surface area (Å²) in [4.78, 5) is 0. The number of hydrogen-bond donors (Lipinski definition) is 0. The van der Waals surface area contributed by atoms with Crippen molar-refractivity contribution in [3.8, 4) is 0 Å². The predicted octanol–water partition coefficient (Wildman–Crippen LogP) is 5.64. The number of quaternary nitrogens is 1. The second kappa shape index (κ2) is 5.25. The first-order valence-electron chi connectivity index (χ1n) is 9.43. The number of hydrogen-bond acceptors (Lipinski definition) is 0. The Hall–Kier alpha value is -0.0400. The Morgan fingerprint density at radius 1 is 1.14 bits per heavy atom. The number of nitrogens with zero attached hydrogens (tertiary/aromatic N) is 1. The van der Waals surface area contributed by atoms with Gasteiger partial charge in [-0.25, -0.2) is 0 Å². The molecule has 3 unspecified atom stereocenters. The molecule has 0 amide bonds. The van der Waals surface area contributed by atoms with Gasteiger partial charge in [-0.15, -0.1) is 0 Å². The zero-order valence-corrected chi connectivity index (χ0v) is 16.1. The van der Waals surface area contributed by atoms with Crippen molar-refractivity contribution in [1.82, 2.24) is 0 Å². The third-order valence-electron chi connectivity index (χ3n) is 7.89. The fourth-order valence-electron chi connectivity index (χ4n) is 6.37. The fourth-order valence-corrected chi connectivity index (χ4v) is 6.37. The summed E-state index contributed by atoms with van der Waals surface area (Å²) in [6.07, 6.45) is 6.95. The molecule has 0 bridgehead atoms. The summed E-state index contributed by atoms with van der Waals surface area (Å²) in [7, 11) is 0. The molecule has 0 aromatic heterocycles. The Kier molecular flexibility index (Phi) is 4.33. The summed E-state index contributed by atoms with van der Waals surface area (Å²) in [6, 6.07) is 0. The maximum absolute atomic E-state index is 2.61. The van der Waals surface area contributed by atoms with E-state index in [1.165, 1.54) is 49.7 Å². The lowest BCUT2D eigenvalue weighted by Gasteiger charge is -2.54. The van der Waals surface area contributed by atoms with Crippen LogP contribution in [0.25, 0.3) is 0 Å². The Morgan fingerprint density at radius 3 is 2.05 bits per heavy atom. The monoisotopic (exact) mass is 294 g/mol. The van der Waals surface area contributed by atoms with Gasteiger partial charge in [-0.2, -0.15) is 0 Å². The molecule has 1 nitrogen and oxygen atoms in total. The van der Waals surface area contributed by atoms with Gasteiger partial charge in [0.05, 0.1) is 11.1 Å². The van der Waals surface area contributed by atoms with Crippen LogP contribution in [0.1, 0.15) is 87.5 Å². The standard InChI is InChI=1S/C20H40N/c1-9-17(18(4,5)10-2)19(6,7)21(13-14-21)20(8)12-11-16(3)15-20/h16-17H,9-15H2,1-8H3/q+1. The van der Waals surface area contributed by atoms with E-state index in [4.69, 9.17) is 0 Å². The normalized spacial score (nSPS) is 34.0. The lowest BCUT2D eigenvalue weighted by atomic mass is 9.64. The van der Waals surface area contributed by atoms with Crippen molar-refractivity contribution in [1.29, 1.82) is 0 Å². The second-order valence-corrected chi connectivity index (χ2v) is 9.72. The Bertz CT molecular complexity index is 377. The maximum Gasteiger partial charge on any atom is 0.130 e. The number of rotatable bonds is 6. The first kappa shape index (κ1) is 17.3. The molecule has 1 aliphatic carbocycles. The van der Waals surface area contributed by atoms with Gasteiger partial charge in [-0.3, -0.25) is 0 Å². The van der Waals surface area contributed by atoms with Crippen molar-refractivity contribution in [3.05, 3.63) is 0 Å². The third kappa shape index (κ3) is 2.48. The summed E-state index contributed by atoms with van der Waals surface area (Å²) < 4.78 is 1.41. The molecule has 1 saturated heterocycles. The van der Waals surface area contributed by atoms with E-state index in [-0.39, 0.29) is 0 Å². The lowest BCUT2D eigenvalue weighted by Crippen LogP contribution is -2.64. The van der Waals surface area contributed by atoms with Crippen molar-refractivity contribution < 1.29 is 4.48 Å². The molecule has 1 saturated carbocycles. The average molecular weight is 295 g/mol. The Morgan fingerprint density at radius 2 is 1.71 bits per heavy atom. The van der Waals surface area contributed by atoms with E-state index in [1.807, 2.05) is 0 Å². The molecule has 3 atom stereocenters.